The second-order valence-electron chi connectivity index (χ2n) is 4.13. The summed E-state index contributed by atoms with van der Waals surface area (Å²) in [5.74, 6) is 1.06. The molecular formula is C12H10ClN5O2. The first kappa shape index (κ1) is 12.8. The van der Waals surface area contributed by atoms with Gasteiger partial charge in [-0.05, 0) is 18.2 Å². The van der Waals surface area contributed by atoms with Gasteiger partial charge in [0.1, 0.15) is 5.82 Å². The van der Waals surface area contributed by atoms with Gasteiger partial charge in [0.05, 0.1) is 24.0 Å². The maximum atomic E-state index is 11.9. The number of nitrogens with zero attached hydrogens (tertiary/aromatic N) is 3. The minimum absolute atomic E-state index is 0.192. The van der Waals surface area contributed by atoms with Crippen LogP contribution in [0.25, 0.3) is 10.9 Å². The first-order valence-electron chi connectivity index (χ1n) is 5.87. The van der Waals surface area contributed by atoms with Crippen LogP contribution in [0.2, 0.25) is 5.02 Å². The molecule has 0 unspecified atom stereocenters. The van der Waals surface area contributed by atoms with Crippen molar-refractivity contribution in [1.82, 2.24) is 25.4 Å². The van der Waals surface area contributed by atoms with Crippen LogP contribution in [0.4, 0.5) is 0 Å². The van der Waals surface area contributed by atoms with E-state index in [1.807, 2.05) is 0 Å². The fourth-order valence-corrected chi connectivity index (χ4v) is 1.97. The molecule has 0 aliphatic carbocycles. The van der Waals surface area contributed by atoms with Crippen molar-refractivity contribution in [2.24, 2.45) is 0 Å². The van der Waals surface area contributed by atoms with Crippen molar-refractivity contribution in [1.29, 1.82) is 0 Å². The Morgan fingerprint density at radius 1 is 1.35 bits per heavy atom. The molecule has 3 aromatic rings. The van der Waals surface area contributed by atoms with Gasteiger partial charge in [-0.25, -0.2) is 4.98 Å². The van der Waals surface area contributed by atoms with E-state index in [1.54, 1.807) is 18.2 Å². The number of aromatic amines is 1. The SMILES string of the molecule is O=c1[nH]c(CNCc2ncon2)nc2cc(Cl)ccc12. The van der Waals surface area contributed by atoms with Crippen LogP contribution in [-0.4, -0.2) is 20.1 Å². The summed E-state index contributed by atoms with van der Waals surface area (Å²) in [6.07, 6.45) is 1.26. The van der Waals surface area contributed by atoms with E-state index in [2.05, 4.69) is 29.9 Å². The monoisotopic (exact) mass is 291 g/mol. The minimum Gasteiger partial charge on any atom is -0.343 e. The first-order valence-corrected chi connectivity index (χ1v) is 6.24. The van der Waals surface area contributed by atoms with Gasteiger partial charge in [0, 0.05) is 5.02 Å². The normalized spacial score (nSPS) is 11.1. The van der Waals surface area contributed by atoms with Gasteiger partial charge < -0.3 is 14.8 Å². The van der Waals surface area contributed by atoms with E-state index in [9.17, 15) is 4.79 Å². The van der Waals surface area contributed by atoms with E-state index in [4.69, 9.17) is 11.6 Å². The Labute approximate surface area is 118 Å². The maximum Gasteiger partial charge on any atom is 0.258 e. The quantitative estimate of drug-likeness (QED) is 0.751. The van der Waals surface area contributed by atoms with E-state index in [1.165, 1.54) is 6.39 Å². The minimum atomic E-state index is -0.192. The molecule has 3 rings (SSSR count). The molecule has 0 radical (unpaired) electrons. The second-order valence-corrected chi connectivity index (χ2v) is 4.56. The summed E-state index contributed by atoms with van der Waals surface area (Å²) < 4.78 is 4.62. The molecule has 0 bridgehead atoms. The standard InChI is InChI=1S/C12H10ClN5O2/c13-7-1-2-8-9(3-7)16-11(17-12(8)19)5-14-4-10-15-6-20-18-10/h1-3,6,14H,4-5H2,(H,16,17,19). The molecule has 0 aliphatic heterocycles. The number of halogens is 1. The Balaban J connectivity index is 1.79. The lowest BCUT2D eigenvalue weighted by Crippen LogP contribution is -2.19. The van der Waals surface area contributed by atoms with Crippen molar-refractivity contribution in [3.8, 4) is 0 Å². The predicted molar refractivity (Wildman–Crippen MR) is 72.2 cm³/mol. The number of nitrogens with one attached hydrogen (secondary N) is 2. The fourth-order valence-electron chi connectivity index (χ4n) is 1.81. The van der Waals surface area contributed by atoms with Crippen molar-refractivity contribution < 1.29 is 4.52 Å². The number of hydrogen-bond acceptors (Lipinski definition) is 6. The highest BCUT2D eigenvalue weighted by atomic mass is 35.5. The molecular weight excluding hydrogens is 282 g/mol. The molecule has 0 aliphatic rings. The summed E-state index contributed by atoms with van der Waals surface area (Å²) in [6.45, 7) is 0.806. The Morgan fingerprint density at radius 3 is 3.05 bits per heavy atom. The highest BCUT2D eigenvalue weighted by Gasteiger charge is 2.05. The van der Waals surface area contributed by atoms with Crippen LogP contribution in [0.3, 0.4) is 0 Å². The molecule has 0 saturated carbocycles. The number of H-pyrrole nitrogens is 1. The lowest BCUT2D eigenvalue weighted by atomic mass is 10.2. The zero-order valence-electron chi connectivity index (χ0n) is 10.3. The summed E-state index contributed by atoms with van der Waals surface area (Å²) in [4.78, 5) is 22.8. The Bertz CT molecular complexity index is 784. The third-order valence-corrected chi connectivity index (χ3v) is 2.94. The van der Waals surface area contributed by atoms with Crippen LogP contribution < -0.4 is 10.9 Å². The van der Waals surface area contributed by atoms with Crippen molar-refractivity contribution in [2.45, 2.75) is 13.1 Å². The van der Waals surface area contributed by atoms with Gasteiger partial charge in [-0.15, -0.1) is 0 Å². The van der Waals surface area contributed by atoms with Gasteiger partial charge >= 0.3 is 0 Å². The summed E-state index contributed by atoms with van der Waals surface area (Å²) in [7, 11) is 0. The maximum absolute atomic E-state index is 11.9. The zero-order valence-corrected chi connectivity index (χ0v) is 11.0. The molecule has 2 aromatic heterocycles. The third-order valence-electron chi connectivity index (χ3n) is 2.70. The average molecular weight is 292 g/mol. The number of aromatic nitrogens is 4. The zero-order chi connectivity index (χ0) is 13.9. The summed E-state index contributed by atoms with van der Waals surface area (Å²) >= 11 is 5.90. The topological polar surface area (TPSA) is 96.7 Å². The van der Waals surface area contributed by atoms with Gasteiger partial charge in [-0.3, -0.25) is 4.79 Å². The van der Waals surface area contributed by atoms with Crippen LogP contribution in [-0.2, 0) is 13.1 Å². The molecule has 2 heterocycles. The molecule has 7 nitrogen and oxygen atoms in total. The molecule has 8 heteroatoms. The number of hydrogen-bond donors (Lipinski definition) is 2. The Hall–Kier alpha value is -2.25. The van der Waals surface area contributed by atoms with Gasteiger partial charge in [0.25, 0.3) is 5.56 Å². The fraction of sp³-hybridized carbons (Fsp3) is 0.167. The summed E-state index contributed by atoms with van der Waals surface area (Å²) in [5.41, 5.74) is 0.376. The number of benzene rings is 1. The van der Waals surface area contributed by atoms with Gasteiger partial charge in [-0.1, -0.05) is 16.8 Å². The predicted octanol–water partition coefficient (Wildman–Crippen LogP) is 1.25. The van der Waals surface area contributed by atoms with E-state index >= 15 is 0 Å². The molecule has 0 spiro atoms. The lowest BCUT2D eigenvalue weighted by Gasteiger charge is -2.04. The first-order chi connectivity index (χ1) is 9.72. The van der Waals surface area contributed by atoms with Gasteiger partial charge in [0.15, 0.2) is 5.82 Å². The van der Waals surface area contributed by atoms with Crippen LogP contribution >= 0.6 is 11.6 Å². The summed E-state index contributed by atoms with van der Waals surface area (Å²) in [6, 6.07) is 4.98. The lowest BCUT2D eigenvalue weighted by molar-refractivity contribution is 0.407. The van der Waals surface area contributed by atoms with E-state index < -0.39 is 0 Å². The highest BCUT2D eigenvalue weighted by molar-refractivity contribution is 6.31. The molecule has 0 fully saturated rings. The molecule has 0 amide bonds. The Kier molecular flexibility index (Phi) is 3.44. The average Bonchev–Trinajstić information content (AvgIpc) is 2.91. The Morgan fingerprint density at radius 2 is 2.25 bits per heavy atom. The number of fused-ring (bicyclic) bond motifs is 1. The van der Waals surface area contributed by atoms with Crippen LogP contribution in [0.15, 0.2) is 33.9 Å². The van der Waals surface area contributed by atoms with Gasteiger partial charge in [0.2, 0.25) is 6.39 Å². The van der Waals surface area contributed by atoms with E-state index in [0.717, 1.165) is 0 Å². The molecule has 0 saturated heterocycles. The summed E-state index contributed by atoms with van der Waals surface area (Å²) in [5, 5.41) is 7.78. The van der Waals surface area contributed by atoms with Crippen LogP contribution in [0.5, 0.6) is 0 Å². The van der Waals surface area contributed by atoms with E-state index in [0.29, 0.717) is 40.7 Å². The van der Waals surface area contributed by atoms with Crippen molar-refractivity contribution in [3.63, 3.8) is 0 Å². The van der Waals surface area contributed by atoms with Crippen LogP contribution in [0.1, 0.15) is 11.6 Å². The highest BCUT2D eigenvalue weighted by Crippen LogP contribution is 2.14. The number of rotatable bonds is 4. The van der Waals surface area contributed by atoms with Crippen molar-refractivity contribution in [3.05, 3.63) is 51.6 Å². The second kappa shape index (κ2) is 5.40. The van der Waals surface area contributed by atoms with Crippen molar-refractivity contribution >= 4 is 22.5 Å². The molecule has 102 valence electrons. The molecule has 1 aromatic carbocycles. The largest absolute Gasteiger partial charge is 0.343 e. The molecule has 0 atom stereocenters. The molecule has 2 N–H and O–H groups in total. The van der Waals surface area contributed by atoms with Gasteiger partial charge in [-0.2, -0.15) is 4.98 Å². The smallest absolute Gasteiger partial charge is 0.258 e. The third kappa shape index (κ3) is 2.68. The molecule has 20 heavy (non-hydrogen) atoms. The van der Waals surface area contributed by atoms with Crippen LogP contribution in [0, 0.1) is 0 Å². The van der Waals surface area contributed by atoms with E-state index in [-0.39, 0.29) is 5.56 Å². The van der Waals surface area contributed by atoms with Crippen molar-refractivity contribution in [2.75, 3.05) is 0 Å².